The normalized spacial score (nSPS) is 25.6. The molecule has 0 bridgehead atoms. The molecule has 2 rings (SSSR count). The van der Waals surface area contributed by atoms with Gasteiger partial charge in [-0.25, -0.2) is 0 Å². The van der Waals surface area contributed by atoms with E-state index >= 15 is 0 Å². The fourth-order valence-electron chi connectivity index (χ4n) is 1.78. The Morgan fingerprint density at radius 2 is 2.21 bits per heavy atom. The van der Waals surface area contributed by atoms with Crippen molar-refractivity contribution in [3.63, 3.8) is 0 Å². The largest absolute Gasteiger partial charge is 0.355 e. The summed E-state index contributed by atoms with van der Waals surface area (Å²) in [6.45, 7) is 2.82. The second-order valence-corrected chi connectivity index (χ2v) is 5.24. The zero-order valence-electron chi connectivity index (χ0n) is 8.68. The second kappa shape index (κ2) is 3.73. The summed E-state index contributed by atoms with van der Waals surface area (Å²) in [6, 6.07) is 0. The van der Waals surface area contributed by atoms with E-state index in [0.717, 1.165) is 6.54 Å². The highest BCUT2D eigenvalue weighted by Crippen LogP contribution is 2.46. The molecular weight excluding hydrogens is 198 g/mol. The van der Waals surface area contributed by atoms with Crippen molar-refractivity contribution in [3.8, 4) is 0 Å². The van der Waals surface area contributed by atoms with Crippen LogP contribution in [0.1, 0.15) is 32.6 Å². The zero-order chi connectivity index (χ0) is 10.2. The minimum atomic E-state index is 0.209. The highest BCUT2D eigenvalue weighted by atomic mass is 35.5. The Bertz CT molecular complexity index is 233. The maximum Gasteiger partial charge on any atom is 0.223 e. The lowest BCUT2D eigenvalue weighted by Crippen LogP contribution is -2.35. The van der Waals surface area contributed by atoms with Crippen molar-refractivity contribution < 1.29 is 4.79 Å². The molecule has 0 aromatic carbocycles. The van der Waals surface area contributed by atoms with Gasteiger partial charge in [0.25, 0.3) is 0 Å². The van der Waals surface area contributed by atoms with Gasteiger partial charge in [0, 0.05) is 23.8 Å². The number of hydrogen-bond acceptors (Lipinski definition) is 1. The molecular formula is C11H18ClNO. The summed E-state index contributed by atoms with van der Waals surface area (Å²) in [4.78, 5) is 11.7. The third kappa shape index (κ3) is 2.22. The van der Waals surface area contributed by atoms with Gasteiger partial charge in [0.1, 0.15) is 0 Å². The number of nitrogens with one attached hydrogen (secondary N) is 1. The first-order valence-corrected chi connectivity index (χ1v) is 6.04. The summed E-state index contributed by atoms with van der Waals surface area (Å²) in [6.07, 6.45) is 4.81. The predicted octanol–water partition coefficient (Wildman–Crippen LogP) is 2.17. The van der Waals surface area contributed by atoms with E-state index in [2.05, 4.69) is 5.32 Å². The number of hydrogen-bond donors (Lipinski definition) is 1. The van der Waals surface area contributed by atoms with E-state index < -0.39 is 0 Å². The first-order chi connectivity index (χ1) is 6.67. The van der Waals surface area contributed by atoms with Crippen molar-refractivity contribution in [2.24, 2.45) is 17.3 Å². The van der Waals surface area contributed by atoms with Crippen LogP contribution in [0.2, 0.25) is 0 Å². The standard InChI is InChI=1S/C11H18ClNO/c1-8(9-2-3-9)10(14)13-7-11(6-12)4-5-11/h8-9H,2-7H2,1H3,(H,13,14). The van der Waals surface area contributed by atoms with Gasteiger partial charge in [0.2, 0.25) is 5.91 Å². The molecule has 2 saturated carbocycles. The van der Waals surface area contributed by atoms with Crippen molar-refractivity contribution in [2.75, 3.05) is 12.4 Å². The van der Waals surface area contributed by atoms with Crippen molar-refractivity contribution in [2.45, 2.75) is 32.6 Å². The molecule has 0 aromatic rings. The van der Waals surface area contributed by atoms with Gasteiger partial charge < -0.3 is 5.32 Å². The van der Waals surface area contributed by atoms with E-state index in [4.69, 9.17) is 11.6 Å². The first kappa shape index (κ1) is 10.3. The SMILES string of the molecule is CC(C(=O)NCC1(CCl)CC1)C1CC1. The van der Waals surface area contributed by atoms with Crippen LogP contribution in [0, 0.1) is 17.3 Å². The molecule has 3 heteroatoms. The number of amides is 1. The lowest BCUT2D eigenvalue weighted by atomic mass is 10.0. The van der Waals surface area contributed by atoms with Gasteiger partial charge in [-0.2, -0.15) is 0 Å². The molecule has 0 radical (unpaired) electrons. The van der Waals surface area contributed by atoms with E-state index in [1.165, 1.54) is 25.7 Å². The maximum atomic E-state index is 11.7. The molecule has 1 unspecified atom stereocenters. The Labute approximate surface area is 90.4 Å². The minimum Gasteiger partial charge on any atom is -0.355 e. The fraction of sp³-hybridized carbons (Fsp3) is 0.909. The van der Waals surface area contributed by atoms with Crippen molar-refractivity contribution in [3.05, 3.63) is 0 Å². The van der Waals surface area contributed by atoms with Crippen LogP contribution in [0.5, 0.6) is 0 Å². The molecule has 2 aliphatic carbocycles. The molecule has 1 amide bonds. The molecule has 0 saturated heterocycles. The summed E-state index contributed by atoms with van der Waals surface area (Å²) in [7, 11) is 0. The molecule has 0 spiro atoms. The summed E-state index contributed by atoms with van der Waals surface area (Å²) in [5.41, 5.74) is 0.250. The Morgan fingerprint density at radius 3 is 2.64 bits per heavy atom. The van der Waals surface area contributed by atoms with Crippen LogP contribution in [-0.2, 0) is 4.79 Å². The summed E-state index contributed by atoms with van der Waals surface area (Å²) in [5.74, 6) is 1.77. The third-order valence-electron chi connectivity index (χ3n) is 3.62. The number of alkyl halides is 1. The molecule has 0 aromatic heterocycles. The third-order valence-corrected chi connectivity index (χ3v) is 4.19. The zero-order valence-corrected chi connectivity index (χ0v) is 9.44. The molecule has 80 valence electrons. The van der Waals surface area contributed by atoms with Gasteiger partial charge in [-0.05, 0) is 31.6 Å². The Hall–Kier alpha value is -0.240. The van der Waals surface area contributed by atoms with E-state index in [1.54, 1.807) is 0 Å². The fourth-order valence-corrected chi connectivity index (χ4v) is 2.14. The van der Waals surface area contributed by atoms with Crippen LogP contribution in [0.15, 0.2) is 0 Å². The first-order valence-electron chi connectivity index (χ1n) is 5.51. The Morgan fingerprint density at radius 1 is 1.57 bits per heavy atom. The molecule has 14 heavy (non-hydrogen) atoms. The number of carbonyl (C=O) groups excluding carboxylic acids is 1. The monoisotopic (exact) mass is 215 g/mol. The smallest absolute Gasteiger partial charge is 0.223 e. The highest BCUT2D eigenvalue weighted by Gasteiger charge is 2.42. The maximum absolute atomic E-state index is 11.7. The van der Waals surface area contributed by atoms with Crippen LogP contribution < -0.4 is 5.32 Å². The Kier molecular flexibility index (Phi) is 2.74. The van der Waals surface area contributed by atoms with Crippen LogP contribution in [0.3, 0.4) is 0 Å². The van der Waals surface area contributed by atoms with Gasteiger partial charge in [-0.3, -0.25) is 4.79 Å². The average molecular weight is 216 g/mol. The molecule has 2 fully saturated rings. The van der Waals surface area contributed by atoms with Crippen LogP contribution in [0.4, 0.5) is 0 Å². The van der Waals surface area contributed by atoms with Gasteiger partial charge in [-0.1, -0.05) is 6.92 Å². The molecule has 1 atom stereocenters. The van der Waals surface area contributed by atoms with Crippen LogP contribution in [-0.4, -0.2) is 18.3 Å². The van der Waals surface area contributed by atoms with E-state index in [9.17, 15) is 4.79 Å². The molecule has 0 aliphatic heterocycles. The topological polar surface area (TPSA) is 29.1 Å². The van der Waals surface area contributed by atoms with Gasteiger partial charge in [0.15, 0.2) is 0 Å². The summed E-state index contributed by atoms with van der Waals surface area (Å²) in [5, 5.41) is 3.03. The summed E-state index contributed by atoms with van der Waals surface area (Å²) < 4.78 is 0. The van der Waals surface area contributed by atoms with Crippen molar-refractivity contribution >= 4 is 17.5 Å². The highest BCUT2D eigenvalue weighted by molar-refractivity contribution is 6.18. The minimum absolute atomic E-state index is 0.209. The van der Waals surface area contributed by atoms with Crippen LogP contribution >= 0.6 is 11.6 Å². The number of rotatable bonds is 5. The van der Waals surface area contributed by atoms with Crippen molar-refractivity contribution in [1.82, 2.24) is 5.32 Å². The molecule has 2 nitrogen and oxygen atoms in total. The predicted molar refractivity (Wildman–Crippen MR) is 57.3 cm³/mol. The average Bonchev–Trinajstić information content (AvgIpc) is 3.04. The van der Waals surface area contributed by atoms with Crippen molar-refractivity contribution in [1.29, 1.82) is 0 Å². The second-order valence-electron chi connectivity index (χ2n) is 4.98. The van der Waals surface area contributed by atoms with Gasteiger partial charge in [0.05, 0.1) is 0 Å². The lowest BCUT2D eigenvalue weighted by molar-refractivity contribution is -0.125. The van der Waals surface area contributed by atoms with Gasteiger partial charge in [-0.15, -0.1) is 11.6 Å². The van der Waals surface area contributed by atoms with E-state index in [1.807, 2.05) is 6.92 Å². The van der Waals surface area contributed by atoms with Crippen LogP contribution in [0.25, 0.3) is 0 Å². The summed E-state index contributed by atoms with van der Waals surface area (Å²) >= 11 is 5.84. The number of halogens is 1. The number of carbonyl (C=O) groups is 1. The van der Waals surface area contributed by atoms with E-state index in [0.29, 0.717) is 11.8 Å². The van der Waals surface area contributed by atoms with E-state index in [-0.39, 0.29) is 17.2 Å². The lowest BCUT2D eigenvalue weighted by Gasteiger charge is -2.15. The molecule has 1 N–H and O–H groups in total. The molecule has 2 aliphatic rings. The molecule has 0 heterocycles. The van der Waals surface area contributed by atoms with Gasteiger partial charge >= 0.3 is 0 Å². The Balaban J connectivity index is 1.71. The quantitative estimate of drug-likeness (QED) is 0.700.